The van der Waals surface area contributed by atoms with Crippen molar-refractivity contribution in [2.24, 2.45) is 0 Å². The van der Waals surface area contributed by atoms with Crippen molar-refractivity contribution in [3.63, 3.8) is 0 Å². The van der Waals surface area contributed by atoms with Crippen LogP contribution in [-0.4, -0.2) is 25.6 Å². The van der Waals surface area contributed by atoms with Gasteiger partial charge in [-0.05, 0) is 75.2 Å². The Morgan fingerprint density at radius 1 is 1.03 bits per heavy atom. The second-order valence-corrected chi connectivity index (χ2v) is 8.63. The maximum absolute atomic E-state index is 12.4. The fourth-order valence-corrected chi connectivity index (χ4v) is 3.60. The van der Waals surface area contributed by atoms with Gasteiger partial charge in [0, 0.05) is 11.8 Å². The average Bonchev–Trinajstić information content (AvgIpc) is 3.09. The lowest BCUT2D eigenvalue weighted by Gasteiger charge is -2.16. The molecule has 0 aliphatic carbocycles. The van der Waals surface area contributed by atoms with Crippen molar-refractivity contribution >= 4 is 27.4 Å². The van der Waals surface area contributed by atoms with E-state index in [-0.39, 0.29) is 16.6 Å². The van der Waals surface area contributed by atoms with E-state index in [9.17, 15) is 13.2 Å². The molecule has 3 rings (SSSR count). The van der Waals surface area contributed by atoms with Crippen LogP contribution < -0.4 is 14.8 Å². The number of amides is 1. The number of hydrogen-bond acceptors (Lipinski definition) is 6. The summed E-state index contributed by atoms with van der Waals surface area (Å²) < 4.78 is 37.7. The van der Waals surface area contributed by atoms with Crippen LogP contribution in [-0.2, 0) is 14.8 Å². The van der Waals surface area contributed by atoms with Gasteiger partial charge in [-0.2, -0.15) is 0 Å². The molecule has 1 heterocycles. The van der Waals surface area contributed by atoms with E-state index in [1.54, 1.807) is 13.8 Å². The molecule has 158 valence electrons. The molecular weight excluding hydrogens is 406 g/mol. The molecule has 0 saturated carbocycles. The summed E-state index contributed by atoms with van der Waals surface area (Å²) in [5, 5.41) is 6.32. The number of carbonyl (C=O) groups is 1. The lowest BCUT2D eigenvalue weighted by molar-refractivity contribution is -0.122. The van der Waals surface area contributed by atoms with Gasteiger partial charge in [-0.25, -0.2) is 8.42 Å². The van der Waals surface area contributed by atoms with E-state index in [0.717, 1.165) is 11.1 Å². The first-order valence-electron chi connectivity index (χ1n) is 9.25. The Hall–Kier alpha value is -3.33. The second-order valence-electron chi connectivity index (χ2n) is 6.95. The lowest BCUT2D eigenvalue weighted by Crippen LogP contribution is -2.30. The Labute approximate surface area is 175 Å². The fraction of sp³-hybridized carbons (Fsp3) is 0.238. The van der Waals surface area contributed by atoms with Crippen LogP contribution >= 0.6 is 0 Å². The molecule has 30 heavy (non-hydrogen) atoms. The highest BCUT2D eigenvalue weighted by atomic mass is 32.2. The minimum Gasteiger partial charge on any atom is -0.481 e. The number of nitrogens with one attached hydrogen (secondary N) is 2. The van der Waals surface area contributed by atoms with Gasteiger partial charge in [0.2, 0.25) is 0 Å². The molecule has 0 fully saturated rings. The molecule has 0 spiro atoms. The summed E-state index contributed by atoms with van der Waals surface area (Å²) in [5.74, 6) is 0.849. The molecule has 1 aromatic heterocycles. The molecule has 1 amide bonds. The summed E-state index contributed by atoms with van der Waals surface area (Å²) in [6.45, 7) is 7.28. The quantitative estimate of drug-likeness (QED) is 0.591. The number of hydrogen-bond donors (Lipinski definition) is 2. The van der Waals surface area contributed by atoms with Gasteiger partial charge < -0.3 is 14.6 Å². The van der Waals surface area contributed by atoms with Crippen LogP contribution in [0, 0.1) is 20.8 Å². The minimum absolute atomic E-state index is 0.0283. The van der Waals surface area contributed by atoms with Gasteiger partial charge in [0.05, 0.1) is 4.90 Å². The van der Waals surface area contributed by atoms with Crippen molar-refractivity contribution in [3.8, 4) is 5.75 Å². The zero-order valence-electron chi connectivity index (χ0n) is 17.1. The maximum Gasteiger partial charge on any atom is 0.265 e. The molecule has 9 heteroatoms. The van der Waals surface area contributed by atoms with E-state index >= 15 is 0 Å². The van der Waals surface area contributed by atoms with Crippen LogP contribution in [0.2, 0.25) is 0 Å². The van der Waals surface area contributed by atoms with E-state index in [4.69, 9.17) is 9.26 Å². The van der Waals surface area contributed by atoms with E-state index in [1.807, 2.05) is 32.0 Å². The number of aryl methyl sites for hydroxylation is 3. The SMILES string of the molecule is Cc1cc(NS(=O)(=O)c2ccc(NC(=O)C(C)Oc3ccc(C)c(C)c3)cc2)no1. The van der Waals surface area contributed by atoms with Gasteiger partial charge in [0.25, 0.3) is 15.9 Å². The number of aromatic nitrogens is 1. The predicted molar refractivity (Wildman–Crippen MR) is 113 cm³/mol. The van der Waals surface area contributed by atoms with Crippen molar-refractivity contribution in [2.45, 2.75) is 38.7 Å². The molecule has 2 N–H and O–H groups in total. The summed E-state index contributed by atoms with van der Waals surface area (Å²) in [5.41, 5.74) is 2.67. The van der Waals surface area contributed by atoms with Gasteiger partial charge in [-0.1, -0.05) is 11.2 Å². The van der Waals surface area contributed by atoms with Crippen LogP contribution in [0.3, 0.4) is 0 Å². The van der Waals surface area contributed by atoms with Crippen molar-refractivity contribution in [3.05, 3.63) is 65.4 Å². The van der Waals surface area contributed by atoms with Gasteiger partial charge >= 0.3 is 0 Å². The Balaban J connectivity index is 1.62. The number of anilines is 2. The van der Waals surface area contributed by atoms with Gasteiger partial charge in [0.15, 0.2) is 11.9 Å². The zero-order valence-corrected chi connectivity index (χ0v) is 17.9. The number of carbonyl (C=O) groups excluding carboxylic acids is 1. The number of nitrogens with zero attached hydrogens (tertiary/aromatic N) is 1. The van der Waals surface area contributed by atoms with Crippen LogP contribution in [0.5, 0.6) is 5.75 Å². The summed E-state index contributed by atoms with van der Waals surface area (Å²) in [6.07, 6.45) is -0.729. The standard InChI is InChI=1S/C21H23N3O5S/c1-13-5-8-18(11-14(13)2)28-16(4)21(25)22-17-6-9-19(10-7-17)30(26,27)24-20-12-15(3)29-23-20/h5-12,16H,1-4H3,(H,22,25)(H,23,24). The Kier molecular flexibility index (Phi) is 6.12. The van der Waals surface area contributed by atoms with E-state index in [2.05, 4.69) is 15.2 Å². The third-order valence-electron chi connectivity index (χ3n) is 4.46. The largest absolute Gasteiger partial charge is 0.481 e. The molecule has 1 atom stereocenters. The molecule has 1 unspecified atom stereocenters. The highest BCUT2D eigenvalue weighted by Crippen LogP contribution is 2.20. The summed E-state index contributed by atoms with van der Waals surface area (Å²) >= 11 is 0. The molecule has 3 aromatic rings. The van der Waals surface area contributed by atoms with Crippen LogP contribution in [0.25, 0.3) is 0 Å². The molecular formula is C21H23N3O5S. The van der Waals surface area contributed by atoms with Gasteiger partial charge in [-0.3, -0.25) is 9.52 Å². The van der Waals surface area contributed by atoms with Crippen molar-refractivity contribution in [2.75, 3.05) is 10.0 Å². The van der Waals surface area contributed by atoms with E-state index in [1.165, 1.54) is 30.3 Å². The smallest absolute Gasteiger partial charge is 0.265 e. The molecule has 2 aromatic carbocycles. The third kappa shape index (κ3) is 5.18. The first-order valence-corrected chi connectivity index (χ1v) is 10.7. The number of sulfonamides is 1. The molecule has 0 aliphatic heterocycles. The van der Waals surface area contributed by atoms with Crippen LogP contribution in [0.1, 0.15) is 23.8 Å². The first-order chi connectivity index (χ1) is 14.1. The van der Waals surface area contributed by atoms with Crippen LogP contribution in [0.4, 0.5) is 11.5 Å². The fourth-order valence-electron chi connectivity index (χ4n) is 2.62. The Morgan fingerprint density at radius 2 is 1.73 bits per heavy atom. The third-order valence-corrected chi connectivity index (χ3v) is 5.83. The second kappa shape index (κ2) is 8.58. The summed E-state index contributed by atoms with van der Waals surface area (Å²) in [6, 6.07) is 12.9. The Morgan fingerprint density at radius 3 is 2.33 bits per heavy atom. The monoisotopic (exact) mass is 429 g/mol. The Bertz CT molecular complexity index is 1150. The molecule has 0 radical (unpaired) electrons. The molecule has 0 bridgehead atoms. The van der Waals surface area contributed by atoms with Crippen molar-refractivity contribution in [1.82, 2.24) is 5.16 Å². The topological polar surface area (TPSA) is 111 Å². The molecule has 0 aliphatic rings. The zero-order chi connectivity index (χ0) is 21.9. The lowest BCUT2D eigenvalue weighted by atomic mass is 10.1. The molecule has 0 saturated heterocycles. The summed E-state index contributed by atoms with van der Waals surface area (Å²) in [4.78, 5) is 12.4. The number of ether oxygens (including phenoxy) is 1. The average molecular weight is 429 g/mol. The van der Waals surface area contributed by atoms with E-state index < -0.39 is 16.1 Å². The highest BCUT2D eigenvalue weighted by molar-refractivity contribution is 7.92. The van der Waals surface area contributed by atoms with Gasteiger partial charge in [-0.15, -0.1) is 0 Å². The van der Waals surface area contributed by atoms with Gasteiger partial charge in [0.1, 0.15) is 11.5 Å². The highest BCUT2D eigenvalue weighted by Gasteiger charge is 2.18. The molecule has 8 nitrogen and oxygen atoms in total. The van der Waals surface area contributed by atoms with E-state index in [0.29, 0.717) is 17.2 Å². The number of rotatable bonds is 7. The van der Waals surface area contributed by atoms with Crippen LogP contribution in [0.15, 0.2) is 57.9 Å². The van der Waals surface area contributed by atoms with Crippen molar-refractivity contribution < 1.29 is 22.5 Å². The summed E-state index contributed by atoms with van der Waals surface area (Å²) in [7, 11) is -3.82. The van der Waals surface area contributed by atoms with Crippen molar-refractivity contribution in [1.29, 1.82) is 0 Å². The first kappa shape index (κ1) is 21.4. The normalized spacial score (nSPS) is 12.3. The predicted octanol–water partition coefficient (Wildman–Crippen LogP) is 3.81. The number of benzene rings is 2. The minimum atomic E-state index is -3.82. The maximum atomic E-state index is 12.4.